The first-order valence-electron chi connectivity index (χ1n) is 16.0. The van der Waals surface area contributed by atoms with Crippen LogP contribution in [0.2, 0.25) is 0 Å². The first-order chi connectivity index (χ1) is 24.1. The van der Waals surface area contributed by atoms with Gasteiger partial charge in [0.05, 0.1) is 31.5 Å². The number of hydrazone groups is 1. The van der Waals surface area contributed by atoms with Crippen LogP contribution >= 0.6 is 0 Å². The number of hydrogen-bond acceptors (Lipinski definition) is 9. The molecule has 2 heterocycles. The molecule has 1 aliphatic rings. The van der Waals surface area contributed by atoms with Crippen molar-refractivity contribution in [2.75, 3.05) is 20.3 Å². The van der Waals surface area contributed by atoms with Crippen LogP contribution in [0.3, 0.4) is 0 Å². The van der Waals surface area contributed by atoms with Crippen molar-refractivity contribution in [1.29, 1.82) is 0 Å². The van der Waals surface area contributed by atoms with Gasteiger partial charge in [-0.15, -0.1) is 0 Å². The number of hydrogen-bond donors (Lipinski definition) is 4. The molecule has 0 spiro atoms. The minimum Gasteiger partial charge on any atom is -0.490 e. The van der Waals surface area contributed by atoms with E-state index in [9.17, 15) is 19.1 Å². The second kappa shape index (κ2) is 16.1. The van der Waals surface area contributed by atoms with E-state index in [1.165, 1.54) is 19.2 Å². The Morgan fingerprint density at radius 2 is 1.82 bits per heavy atom. The Morgan fingerprint density at radius 1 is 1.04 bits per heavy atom. The number of carbonyl (C=O) groups is 2. The van der Waals surface area contributed by atoms with Crippen molar-refractivity contribution in [2.45, 2.75) is 46.6 Å². The second-order valence-electron chi connectivity index (χ2n) is 11.5. The molecule has 3 aromatic carbocycles. The van der Waals surface area contributed by atoms with Gasteiger partial charge in [-0.2, -0.15) is 5.10 Å². The van der Waals surface area contributed by atoms with Crippen molar-refractivity contribution >= 4 is 18.2 Å². The molecule has 0 bridgehead atoms. The highest BCUT2D eigenvalue weighted by atomic mass is 19.1. The number of aliphatic hydroxyl groups is 1. The molecule has 262 valence electrons. The van der Waals surface area contributed by atoms with E-state index in [0.29, 0.717) is 35.1 Å². The number of amides is 2. The smallest absolute Gasteiger partial charge is 0.337 e. The van der Waals surface area contributed by atoms with Gasteiger partial charge in [0.2, 0.25) is 0 Å². The summed E-state index contributed by atoms with van der Waals surface area (Å²) in [5.74, 6) is 0.522. The summed E-state index contributed by atoms with van der Waals surface area (Å²) >= 11 is 0. The molecular formula is C37H40FN5O7. The van der Waals surface area contributed by atoms with E-state index in [0.717, 1.165) is 28.2 Å². The van der Waals surface area contributed by atoms with Crippen molar-refractivity contribution in [3.05, 3.63) is 118 Å². The predicted octanol–water partition coefficient (Wildman–Crippen LogP) is 5.33. The topological polar surface area (TPSA) is 145 Å². The number of nitrogens with zero attached hydrogens (tertiary/aromatic N) is 2. The maximum Gasteiger partial charge on any atom is 0.337 e. The van der Waals surface area contributed by atoms with Gasteiger partial charge in [-0.1, -0.05) is 18.2 Å². The lowest BCUT2D eigenvalue weighted by molar-refractivity contribution is -0.136. The zero-order chi connectivity index (χ0) is 35.8. The largest absolute Gasteiger partial charge is 0.490 e. The second-order valence-corrected chi connectivity index (χ2v) is 11.5. The molecular weight excluding hydrogens is 645 g/mol. The number of carbonyl (C=O) groups excluding carboxylic acids is 2. The van der Waals surface area contributed by atoms with Crippen LogP contribution < -0.4 is 30.3 Å². The highest BCUT2D eigenvalue weighted by molar-refractivity contribution is 5.95. The zero-order valence-corrected chi connectivity index (χ0v) is 28.5. The molecule has 0 unspecified atom stereocenters. The molecule has 0 aliphatic carbocycles. The molecule has 1 aromatic heterocycles. The van der Waals surface area contributed by atoms with Crippen LogP contribution in [-0.4, -0.2) is 54.4 Å². The highest BCUT2D eigenvalue weighted by Crippen LogP contribution is 2.35. The highest BCUT2D eigenvalue weighted by Gasteiger charge is 2.32. The summed E-state index contributed by atoms with van der Waals surface area (Å²) in [7, 11) is 1.27. The van der Waals surface area contributed by atoms with Crippen LogP contribution in [0.25, 0.3) is 5.69 Å². The fourth-order valence-corrected chi connectivity index (χ4v) is 5.62. The third-order valence-electron chi connectivity index (χ3n) is 7.96. The SMILES string of the molecule is CCOc1cc([C@@H]2NC(=O)NC(C)=C2C(=O)OC)ccc1OC[C@@H](O)N/N=C/c1cc(C)n(-c2ccc(OCc3cccc(F)c3)cc2)c1C. The van der Waals surface area contributed by atoms with Crippen LogP contribution in [0.4, 0.5) is 9.18 Å². The third kappa shape index (κ3) is 8.42. The van der Waals surface area contributed by atoms with Gasteiger partial charge in [0.15, 0.2) is 17.7 Å². The zero-order valence-electron chi connectivity index (χ0n) is 28.5. The summed E-state index contributed by atoms with van der Waals surface area (Å²) in [6.45, 7) is 7.84. The number of rotatable bonds is 14. The summed E-state index contributed by atoms with van der Waals surface area (Å²) in [6.07, 6.45) is 0.477. The number of aliphatic hydroxyl groups excluding tert-OH is 1. The number of esters is 1. The molecule has 0 fully saturated rings. The monoisotopic (exact) mass is 685 g/mol. The van der Waals surface area contributed by atoms with Crippen LogP contribution in [0.5, 0.6) is 17.2 Å². The van der Waals surface area contributed by atoms with E-state index in [1.807, 2.05) is 57.2 Å². The average Bonchev–Trinajstić information content (AvgIpc) is 3.38. The van der Waals surface area contributed by atoms with E-state index in [1.54, 1.807) is 37.4 Å². The van der Waals surface area contributed by atoms with Gasteiger partial charge in [-0.25, -0.2) is 14.0 Å². The Balaban J connectivity index is 1.19. The number of ether oxygens (including phenoxy) is 4. The molecule has 0 saturated carbocycles. The van der Waals surface area contributed by atoms with Gasteiger partial charge in [0.25, 0.3) is 0 Å². The summed E-state index contributed by atoms with van der Waals surface area (Å²) < 4.78 is 37.9. The molecule has 0 saturated heterocycles. The van der Waals surface area contributed by atoms with E-state index >= 15 is 0 Å². The molecule has 5 rings (SSSR count). The molecule has 1 aliphatic heterocycles. The lowest BCUT2D eigenvalue weighted by Gasteiger charge is -2.28. The Bertz CT molecular complexity index is 1900. The number of aryl methyl sites for hydroxylation is 1. The molecule has 4 aromatic rings. The van der Waals surface area contributed by atoms with Crippen molar-refractivity contribution in [3.63, 3.8) is 0 Å². The Labute approximate surface area is 289 Å². The van der Waals surface area contributed by atoms with Crippen LogP contribution in [0, 0.1) is 19.7 Å². The van der Waals surface area contributed by atoms with E-state index in [4.69, 9.17) is 18.9 Å². The summed E-state index contributed by atoms with van der Waals surface area (Å²) in [5.41, 5.74) is 8.39. The normalized spacial score (nSPS) is 14.9. The fourth-order valence-electron chi connectivity index (χ4n) is 5.62. The minimum absolute atomic E-state index is 0.153. The molecule has 50 heavy (non-hydrogen) atoms. The van der Waals surface area contributed by atoms with Crippen LogP contribution in [0.1, 0.15) is 48.0 Å². The summed E-state index contributed by atoms with van der Waals surface area (Å²) in [5, 5.41) is 20.1. The molecule has 12 nitrogen and oxygen atoms in total. The number of aromatic nitrogens is 1. The number of allylic oxidation sites excluding steroid dienone is 1. The maximum atomic E-state index is 13.5. The van der Waals surface area contributed by atoms with Gasteiger partial charge in [-0.05, 0) is 93.4 Å². The van der Waals surface area contributed by atoms with Crippen molar-refractivity contribution in [3.8, 4) is 22.9 Å². The third-order valence-corrected chi connectivity index (χ3v) is 7.96. The standard InChI is InChI=1S/C37H40FN5O7/c1-6-48-32-18-26(35-34(36(45)47-5)23(3)40-37(46)41-35)10-15-31(32)50-21-33(44)42-39-19-27-16-22(2)43(24(27)4)29-11-13-30(14-12-29)49-20-25-8-7-9-28(38)17-25/h7-19,33,35,42,44H,6,20-21H2,1-5H3,(H2,40,41,46)/b39-19+/t33-,35+/m1/s1. The first kappa shape index (κ1) is 35.5. The van der Waals surface area contributed by atoms with Crippen molar-refractivity contribution in [2.24, 2.45) is 5.10 Å². The fraction of sp³-hybridized carbons (Fsp3) is 0.270. The summed E-state index contributed by atoms with van der Waals surface area (Å²) in [6, 6.07) is 19.7. The van der Waals surface area contributed by atoms with Gasteiger partial charge in [0.1, 0.15) is 24.8 Å². The van der Waals surface area contributed by atoms with Gasteiger partial charge in [0, 0.05) is 28.3 Å². The molecule has 0 radical (unpaired) electrons. The van der Waals surface area contributed by atoms with E-state index in [2.05, 4.69) is 25.7 Å². The van der Waals surface area contributed by atoms with Gasteiger partial charge < -0.3 is 39.3 Å². The number of methoxy groups -OCH3 is 1. The first-order valence-corrected chi connectivity index (χ1v) is 16.0. The number of halogens is 1. The molecule has 4 N–H and O–H groups in total. The Hall–Kier alpha value is -5.82. The van der Waals surface area contributed by atoms with E-state index in [-0.39, 0.29) is 24.6 Å². The van der Waals surface area contributed by atoms with Gasteiger partial charge >= 0.3 is 12.0 Å². The number of nitrogens with one attached hydrogen (secondary N) is 3. The lowest BCUT2D eigenvalue weighted by Crippen LogP contribution is -2.45. The molecule has 2 atom stereocenters. The number of urea groups is 1. The lowest BCUT2D eigenvalue weighted by atomic mass is 9.95. The predicted molar refractivity (Wildman–Crippen MR) is 185 cm³/mol. The van der Waals surface area contributed by atoms with E-state index < -0.39 is 24.3 Å². The van der Waals surface area contributed by atoms with Gasteiger partial charge in [-0.3, -0.25) is 5.43 Å². The molecule has 2 amide bonds. The summed E-state index contributed by atoms with van der Waals surface area (Å²) in [4.78, 5) is 24.7. The number of benzene rings is 3. The average molecular weight is 686 g/mol. The Morgan fingerprint density at radius 3 is 2.54 bits per heavy atom. The molecule has 13 heteroatoms. The Kier molecular flexibility index (Phi) is 11.4. The van der Waals surface area contributed by atoms with Crippen LogP contribution in [0.15, 0.2) is 89.2 Å². The van der Waals surface area contributed by atoms with Crippen molar-refractivity contribution in [1.82, 2.24) is 20.6 Å². The minimum atomic E-state index is -1.15. The quantitative estimate of drug-likeness (QED) is 0.0604. The van der Waals surface area contributed by atoms with Crippen molar-refractivity contribution < 1.29 is 38.0 Å². The maximum absolute atomic E-state index is 13.5. The van der Waals surface area contributed by atoms with Crippen LogP contribution in [-0.2, 0) is 16.1 Å².